The lowest BCUT2D eigenvalue weighted by atomic mass is 9.78. The fraction of sp³-hybridized carbons (Fsp3) is 0.455. The van der Waals surface area contributed by atoms with Crippen LogP contribution in [0, 0.1) is 0 Å². The molecule has 0 atom stereocenters. The monoisotopic (exact) mass is 232 g/mol. The molecule has 0 radical (unpaired) electrons. The van der Waals surface area contributed by atoms with Crippen LogP contribution in [0.5, 0.6) is 0 Å². The van der Waals surface area contributed by atoms with Crippen molar-refractivity contribution < 1.29 is 0 Å². The van der Waals surface area contributed by atoms with Crippen LogP contribution >= 0.6 is 0 Å². The quantitative estimate of drug-likeness (QED) is 0.550. The van der Waals surface area contributed by atoms with E-state index in [1.165, 1.54) is 19.3 Å². The van der Waals surface area contributed by atoms with Crippen molar-refractivity contribution >= 4 is 17.3 Å². The largest absolute Gasteiger partial charge is 0.362 e. The molecule has 0 aromatic carbocycles. The Balaban J connectivity index is 2.03. The van der Waals surface area contributed by atoms with Gasteiger partial charge in [0.05, 0.1) is 6.20 Å². The van der Waals surface area contributed by atoms with Crippen molar-refractivity contribution in [3.8, 4) is 0 Å². The summed E-state index contributed by atoms with van der Waals surface area (Å²) in [7, 11) is 0. The second-order valence-corrected chi connectivity index (χ2v) is 4.82. The van der Waals surface area contributed by atoms with E-state index in [-0.39, 0.29) is 5.54 Å². The van der Waals surface area contributed by atoms with Gasteiger partial charge in [0.2, 0.25) is 0 Å². The van der Waals surface area contributed by atoms with E-state index in [1.54, 1.807) is 6.20 Å². The van der Waals surface area contributed by atoms with Crippen LogP contribution in [-0.4, -0.2) is 19.9 Å². The van der Waals surface area contributed by atoms with Crippen molar-refractivity contribution in [2.24, 2.45) is 5.84 Å². The predicted octanol–water partition coefficient (Wildman–Crippen LogP) is 1.37. The first kappa shape index (κ1) is 10.3. The Hall–Kier alpha value is -1.82. The van der Waals surface area contributed by atoms with Crippen LogP contribution in [0.1, 0.15) is 26.2 Å². The molecule has 0 aliphatic heterocycles. The molecule has 90 valence electrons. The lowest BCUT2D eigenvalue weighted by molar-refractivity contribution is 0.306. The molecule has 2 heterocycles. The highest BCUT2D eigenvalue weighted by molar-refractivity contribution is 5.66. The maximum absolute atomic E-state index is 5.41. The van der Waals surface area contributed by atoms with Gasteiger partial charge in [0.1, 0.15) is 0 Å². The van der Waals surface area contributed by atoms with Crippen molar-refractivity contribution in [3.05, 3.63) is 18.6 Å². The molecule has 0 amide bonds. The third-order valence-corrected chi connectivity index (χ3v) is 3.40. The van der Waals surface area contributed by atoms with Gasteiger partial charge in [-0.1, -0.05) is 0 Å². The SMILES string of the molecule is CC1(Nc2nc(NN)cn3ccnc23)CCC1. The molecular formula is C11H16N6. The average Bonchev–Trinajstić information content (AvgIpc) is 2.75. The van der Waals surface area contributed by atoms with Crippen molar-refractivity contribution in [2.45, 2.75) is 31.7 Å². The maximum Gasteiger partial charge on any atom is 0.180 e. The first-order valence-corrected chi connectivity index (χ1v) is 5.79. The lowest BCUT2D eigenvalue weighted by Crippen LogP contribution is -2.42. The number of nitrogens with two attached hydrogens (primary N) is 1. The summed E-state index contributed by atoms with van der Waals surface area (Å²) in [4.78, 5) is 8.73. The summed E-state index contributed by atoms with van der Waals surface area (Å²) in [5, 5.41) is 3.47. The molecule has 6 heteroatoms. The van der Waals surface area contributed by atoms with Crippen molar-refractivity contribution in [2.75, 3.05) is 10.7 Å². The highest BCUT2D eigenvalue weighted by Gasteiger charge is 2.32. The second kappa shape index (κ2) is 3.59. The van der Waals surface area contributed by atoms with E-state index >= 15 is 0 Å². The number of aromatic nitrogens is 3. The molecule has 6 nitrogen and oxygen atoms in total. The maximum atomic E-state index is 5.41. The van der Waals surface area contributed by atoms with E-state index in [1.807, 2.05) is 16.8 Å². The number of fused-ring (bicyclic) bond motifs is 1. The molecule has 0 spiro atoms. The Kier molecular flexibility index (Phi) is 2.19. The summed E-state index contributed by atoms with van der Waals surface area (Å²) in [6.45, 7) is 2.21. The van der Waals surface area contributed by atoms with Gasteiger partial charge in [-0.15, -0.1) is 0 Å². The van der Waals surface area contributed by atoms with E-state index in [9.17, 15) is 0 Å². The number of nitrogens with zero attached hydrogens (tertiary/aromatic N) is 3. The molecule has 4 N–H and O–H groups in total. The highest BCUT2D eigenvalue weighted by atomic mass is 15.3. The van der Waals surface area contributed by atoms with E-state index in [2.05, 4.69) is 27.6 Å². The number of rotatable bonds is 3. The zero-order valence-corrected chi connectivity index (χ0v) is 9.77. The van der Waals surface area contributed by atoms with Gasteiger partial charge in [0.25, 0.3) is 0 Å². The smallest absolute Gasteiger partial charge is 0.180 e. The molecule has 1 aliphatic rings. The van der Waals surface area contributed by atoms with Crippen molar-refractivity contribution in [1.82, 2.24) is 14.4 Å². The molecule has 2 aromatic rings. The molecule has 0 saturated heterocycles. The van der Waals surface area contributed by atoms with Gasteiger partial charge in [-0.2, -0.15) is 0 Å². The van der Waals surface area contributed by atoms with Crippen LogP contribution < -0.4 is 16.6 Å². The standard InChI is InChI=1S/C11H16N6/c1-11(3-2-4-11)15-9-10-13-5-6-17(10)7-8(14-9)16-12/h5-7,16H,2-4,12H2,1H3,(H,14,15). The topological polar surface area (TPSA) is 80.3 Å². The summed E-state index contributed by atoms with van der Waals surface area (Å²) in [5.41, 5.74) is 3.55. The zero-order chi connectivity index (χ0) is 11.9. The molecule has 17 heavy (non-hydrogen) atoms. The van der Waals surface area contributed by atoms with E-state index in [0.29, 0.717) is 5.82 Å². The van der Waals surface area contributed by atoms with Gasteiger partial charge in [-0.3, -0.25) is 0 Å². The van der Waals surface area contributed by atoms with Gasteiger partial charge in [0.15, 0.2) is 17.3 Å². The molecular weight excluding hydrogens is 216 g/mol. The molecule has 2 aromatic heterocycles. The number of hydrogen-bond donors (Lipinski definition) is 3. The molecule has 3 rings (SSSR count). The summed E-state index contributed by atoms with van der Waals surface area (Å²) in [6.07, 6.45) is 9.06. The van der Waals surface area contributed by atoms with Gasteiger partial charge in [-0.25, -0.2) is 15.8 Å². The van der Waals surface area contributed by atoms with Crippen LogP contribution in [0.15, 0.2) is 18.6 Å². The van der Waals surface area contributed by atoms with Gasteiger partial charge < -0.3 is 15.1 Å². The Morgan fingerprint density at radius 2 is 2.29 bits per heavy atom. The van der Waals surface area contributed by atoms with Crippen LogP contribution in [0.4, 0.5) is 11.6 Å². The summed E-state index contributed by atoms with van der Waals surface area (Å²) >= 11 is 0. The molecule has 0 bridgehead atoms. The van der Waals surface area contributed by atoms with Gasteiger partial charge in [0, 0.05) is 17.9 Å². The second-order valence-electron chi connectivity index (χ2n) is 4.82. The third-order valence-electron chi connectivity index (χ3n) is 3.40. The summed E-state index contributed by atoms with van der Waals surface area (Å²) < 4.78 is 1.91. The zero-order valence-electron chi connectivity index (χ0n) is 9.77. The van der Waals surface area contributed by atoms with Gasteiger partial charge in [-0.05, 0) is 26.2 Å². The van der Waals surface area contributed by atoms with E-state index < -0.39 is 0 Å². The average molecular weight is 232 g/mol. The Morgan fingerprint density at radius 1 is 1.47 bits per heavy atom. The number of anilines is 2. The number of hydrazine groups is 1. The fourth-order valence-electron chi connectivity index (χ4n) is 2.20. The Bertz CT molecular complexity index is 542. The minimum Gasteiger partial charge on any atom is -0.362 e. The van der Waals surface area contributed by atoms with E-state index in [0.717, 1.165) is 11.5 Å². The number of nitrogen functional groups attached to an aromatic ring is 1. The predicted molar refractivity (Wildman–Crippen MR) is 66.7 cm³/mol. The normalized spacial score (nSPS) is 17.8. The van der Waals surface area contributed by atoms with E-state index in [4.69, 9.17) is 5.84 Å². The number of nitrogens with one attached hydrogen (secondary N) is 2. The van der Waals surface area contributed by atoms with Crippen LogP contribution in [0.25, 0.3) is 5.65 Å². The lowest BCUT2D eigenvalue weighted by Gasteiger charge is -2.39. The number of imidazole rings is 1. The van der Waals surface area contributed by atoms with Crippen molar-refractivity contribution in [3.63, 3.8) is 0 Å². The summed E-state index contributed by atoms with van der Waals surface area (Å²) in [6, 6.07) is 0. The Labute approximate surface area is 99.2 Å². The van der Waals surface area contributed by atoms with Crippen molar-refractivity contribution in [1.29, 1.82) is 0 Å². The van der Waals surface area contributed by atoms with Crippen LogP contribution in [-0.2, 0) is 0 Å². The first-order chi connectivity index (χ1) is 8.20. The minimum absolute atomic E-state index is 0.145. The highest BCUT2D eigenvalue weighted by Crippen LogP contribution is 2.35. The van der Waals surface area contributed by atoms with Crippen LogP contribution in [0.2, 0.25) is 0 Å². The minimum atomic E-state index is 0.145. The molecule has 1 fully saturated rings. The van der Waals surface area contributed by atoms with Gasteiger partial charge >= 0.3 is 0 Å². The fourth-order valence-corrected chi connectivity index (χ4v) is 2.20. The molecule has 1 aliphatic carbocycles. The van der Waals surface area contributed by atoms with Crippen LogP contribution in [0.3, 0.4) is 0 Å². The molecule has 1 saturated carbocycles. The third kappa shape index (κ3) is 1.70. The first-order valence-electron chi connectivity index (χ1n) is 5.79. The Morgan fingerprint density at radius 3 is 2.94 bits per heavy atom. The summed E-state index contributed by atoms with van der Waals surface area (Å²) in [5.74, 6) is 6.83. The number of hydrogen-bond acceptors (Lipinski definition) is 5. The molecule has 0 unspecified atom stereocenters.